The first kappa shape index (κ1) is 15.0. The molecule has 0 saturated carbocycles. The molecule has 0 N–H and O–H groups in total. The molecule has 1 aliphatic heterocycles. The Balaban J connectivity index is 2.01. The maximum absolute atomic E-state index is 12.7. The monoisotopic (exact) mass is 275 g/mol. The SMILES string of the molecule is CN(CC1CCCCO1)C(=O)C(C)(C)c1ccccc1. The van der Waals surface area contributed by atoms with E-state index in [1.54, 1.807) is 0 Å². The van der Waals surface area contributed by atoms with Gasteiger partial charge in [0.1, 0.15) is 0 Å². The zero-order valence-corrected chi connectivity index (χ0v) is 12.8. The topological polar surface area (TPSA) is 29.5 Å². The second kappa shape index (κ2) is 6.40. The van der Waals surface area contributed by atoms with E-state index in [2.05, 4.69) is 0 Å². The minimum Gasteiger partial charge on any atom is -0.376 e. The van der Waals surface area contributed by atoms with Crippen molar-refractivity contribution in [3.05, 3.63) is 35.9 Å². The maximum Gasteiger partial charge on any atom is 0.232 e. The summed E-state index contributed by atoms with van der Waals surface area (Å²) in [6, 6.07) is 9.97. The Bertz CT molecular complexity index is 436. The molecule has 20 heavy (non-hydrogen) atoms. The predicted molar refractivity (Wildman–Crippen MR) is 80.7 cm³/mol. The van der Waals surface area contributed by atoms with Gasteiger partial charge in [0.2, 0.25) is 5.91 Å². The Morgan fingerprint density at radius 1 is 1.30 bits per heavy atom. The van der Waals surface area contributed by atoms with Crippen LogP contribution in [0.3, 0.4) is 0 Å². The Hall–Kier alpha value is -1.35. The van der Waals surface area contributed by atoms with E-state index in [0.717, 1.165) is 25.0 Å². The van der Waals surface area contributed by atoms with Crippen LogP contribution in [0.25, 0.3) is 0 Å². The fraction of sp³-hybridized carbons (Fsp3) is 0.588. The van der Waals surface area contributed by atoms with Crippen molar-refractivity contribution in [1.29, 1.82) is 0 Å². The van der Waals surface area contributed by atoms with Gasteiger partial charge in [-0.25, -0.2) is 0 Å². The Labute approximate surface area is 121 Å². The molecule has 1 atom stereocenters. The van der Waals surface area contributed by atoms with Crippen LogP contribution in [-0.4, -0.2) is 37.1 Å². The van der Waals surface area contributed by atoms with E-state index in [1.165, 1.54) is 6.42 Å². The minimum atomic E-state index is -0.495. The number of carbonyl (C=O) groups excluding carboxylic acids is 1. The Morgan fingerprint density at radius 2 is 2.00 bits per heavy atom. The Morgan fingerprint density at radius 3 is 2.60 bits per heavy atom. The first-order valence-corrected chi connectivity index (χ1v) is 7.44. The van der Waals surface area contributed by atoms with Gasteiger partial charge in [-0.15, -0.1) is 0 Å². The van der Waals surface area contributed by atoms with Gasteiger partial charge in [0.25, 0.3) is 0 Å². The standard InChI is InChI=1S/C17H25NO2/c1-17(2,14-9-5-4-6-10-14)16(19)18(3)13-15-11-7-8-12-20-15/h4-6,9-10,15H,7-8,11-13H2,1-3H3. The molecule has 3 heteroatoms. The maximum atomic E-state index is 12.7. The number of ether oxygens (including phenoxy) is 1. The zero-order chi connectivity index (χ0) is 14.6. The summed E-state index contributed by atoms with van der Waals surface area (Å²) in [5, 5.41) is 0. The van der Waals surface area contributed by atoms with Crippen LogP contribution < -0.4 is 0 Å². The molecule has 1 fully saturated rings. The molecule has 0 aromatic heterocycles. The van der Waals surface area contributed by atoms with Crippen LogP contribution in [0.1, 0.15) is 38.7 Å². The molecule has 1 aromatic rings. The van der Waals surface area contributed by atoms with Gasteiger partial charge in [-0.2, -0.15) is 0 Å². The number of carbonyl (C=O) groups is 1. The number of benzene rings is 1. The lowest BCUT2D eigenvalue weighted by Crippen LogP contribution is -2.45. The molecule has 1 amide bonds. The lowest BCUT2D eigenvalue weighted by molar-refractivity contribution is -0.137. The summed E-state index contributed by atoms with van der Waals surface area (Å²) in [5.41, 5.74) is 0.562. The third-order valence-electron chi connectivity index (χ3n) is 4.13. The van der Waals surface area contributed by atoms with E-state index in [0.29, 0.717) is 6.54 Å². The summed E-state index contributed by atoms with van der Waals surface area (Å²) in [6.07, 6.45) is 3.60. The van der Waals surface area contributed by atoms with Crippen molar-refractivity contribution >= 4 is 5.91 Å². The van der Waals surface area contributed by atoms with Crippen LogP contribution in [0, 0.1) is 0 Å². The van der Waals surface area contributed by atoms with Gasteiger partial charge >= 0.3 is 0 Å². The molecule has 1 aliphatic rings. The van der Waals surface area contributed by atoms with Crippen molar-refractivity contribution in [2.75, 3.05) is 20.2 Å². The summed E-state index contributed by atoms with van der Waals surface area (Å²) in [5.74, 6) is 0.151. The second-order valence-corrected chi connectivity index (χ2v) is 6.17. The van der Waals surface area contributed by atoms with Crippen LogP contribution >= 0.6 is 0 Å². The quantitative estimate of drug-likeness (QED) is 0.845. The van der Waals surface area contributed by atoms with Gasteiger partial charge in [0.15, 0.2) is 0 Å². The van der Waals surface area contributed by atoms with E-state index in [-0.39, 0.29) is 12.0 Å². The zero-order valence-electron chi connectivity index (χ0n) is 12.8. The Kier molecular flexibility index (Phi) is 4.81. The normalized spacial score (nSPS) is 19.6. The van der Waals surface area contributed by atoms with E-state index >= 15 is 0 Å². The van der Waals surface area contributed by atoms with Crippen LogP contribution in [0.4, 0.5) is 0 Å². The van der Waals surface area contributed by atoms with Crippen molar-refractivity contribution in [3.63, 3.8) is 0 Å². The van der Waals surface area contributed by atoms with Crippen LogP contribution in [-0.2, 0) is 14.9 Å². The van der Waals surface area contributed by atoms with Gasteiger partial charge < -0.3 is 9.64 Å². The number of hydrogen-bond donors (Lipinski definition) is 0. The van der Waals surface area contributed by atoms with Crippen molar-refractivity contribution in [2.45, 2.75) is 44.6 Å². The fourth-order valence-corrected chi connectivity index (χ4v) is 2.80. The first-order valence-electron chi connectivity index (χ1n) is 7.44. The largest absolute Gasteiger partial charge is 0.376 e. The number of rotatable bonds is 4. The third kappa shape index (κ3) is 3.40. The fourth-order valence-electron chi connectivity index (χ4n) is 2.80. The second-order valence-electron chi connectivity index (χ2n) is 6.17. The first-order chi connectivity index (χ1) is 9.51. The molecular formula is C17H25NO2. The lowest BCUT2D eigenvalue weighted by Gasteiger charge is -2.33. The summed E-state index contributed by atoms with van der Waals surface area (Å²) >= 11 is 0. The van der Waals surface area contributed by atoms with Crippen molar-refractivity contribution < 1.29 is 9.53 Å². The molecule has 1 aromatic carbocycles. The van der Waals surface area contributed by atoms with E-state index in [9.17, 15) is 4.79 Å². The van der Waals surface area contributed by atoms with Crippen LogP contribution in [0.15, 0.2) is 30.3 Å². The van der Waals surface area contributed by atoms with Crippen LogP contribution in [0.2, 0.25) is 0 Å². The summed E-state index contributed by atoms with van der Waals surface area (Å²) in [7, 11) is 1.88. The van der Waals surface area contributed by atoms with E-state index in [4.69, 9.17) is 4.74 Å². The average Bonchev–Trinajstić information content (AvgIpc) is 2.48. The van der Waals surface area contributed by atoms with Crippen molar-refractivity contribution in [1.82, 2.24) is 4.90 Å². The highest BCUT2D eigenvalue weighted by Crippen LogP contribution is 2.25. The van der Waals surface area contributed by atoms with Gasteiger partial charge in [-0.3, -0.25) is 4.79 Å². The number of amides is 1. The molecule has 1 saturated heterocycles. The number of likely N-dealkylation sites (N-methyl/N-ethyl adjacent to an activating group) is 1. The number of nitrogens with zero attached hydrogens (tertiary/aromatic N) is 1. The van der Waals surface area contributed by atoms with Crippen molar-refractivity contribution in [3.8, 4) is 0 Å². The summed E-state index contributed by atoms with van der Waals surface area (Å²) in [6.45, 7) is 5.50. The third-order valence-corrected chi connectivity index (χ3v) is 4.13. The molecule has 110 valence electrons. The molecule has 0 bridgehead atoms. The van der Waals surface area contributed by atoms with E-state index < -0.39 is 5.41 Å². The predicted octanol–water partition coefficient (Wildman–Crippen LogP) is 2.99. The highest BCUT2D eigenvalue weighted by Gasteiger charge is 2.33. The highest BCUT2D eigenvalue weighted by molar-refractivity contribution is 5.87. The summed E-state index contributed by atoms with van der Waals surface area (Å²) in [4.78, 5) is 14.5. The van der Waals surface area contributed by atoms with Gasteiger partial charge in [0.05, 0.1) is 11.5 Å². The molecule has 0 aliphatic carbocycles. The number of hydrogen-bond acceptors (Lipinski definition) is 2. The molecule has 0 radical (unpaired) electrons. The van der Waals surface area contributed by atoms with Gasteiger partial charge in [-0.1, -0.05) is 30.3 Å². The molecular weight excluding hydrogens is 250 g/mol. The van der Waals surface area contributed by atoms with E-state index in [1.807, 2.05) is 56.1 Å². The molecule has 1 unspecified atom stereocenters. The molecule has 3 nitrogen and oxygen atoms in total. The molecule has 2 rings (SSSR count). The lowest BCUT2D eigenvalue weighted by atomic mass is 9.83. The van der Waals surface area contributed by atoms with Crippen LogP contribution in [0.5, 0.6) is 0 Å². The van der Waals surface area contributed by atoms with Gasteiger partial charge in [-0.05, 0) is 38.7 Å². The molecule has 1 heterocycles. The van der Waals surface area contributed by atoms with Crippen molar-refractivity contribution in [2.24, 2.45) is 0 Å². The minimum absolute atomic E-state index is 0.151. The summed E-state index contributed by atoms with van der Waals surface area (Å²) < 4.78 is 5.72. The average molecular weight is 275 g/mol. The smallest absolute Gasteiger partial charge is 0.232 e. The molecule has 0 spiro atoms. The highest BCUT2D eigenvalue weighted by atomic mass is 16.5. The van der Waals surface area contributed by atoms with Gasteiger partial charge in [0, 0.05) is 20.2 Å².